The van der Waals surface area contributed by atoms with Crippen molar-refractivity contribution in [3.8, 4) is 17.2 Å². The first-order valence-corrected chi connectivity index (χ1v) is 10.0. The average molecular weight is 417 g/mol. The zero-order valence-electron chi connectivity index (χ0n) is 16.6. The molecule has 0 bridgehead atoms. The van der Waals surface area contributed by atoms with Gasteiger partial charge in [-0.15, -0.1) is 5.10 Å². The van der Waals surface area contributed by atoms with E-state index in [-0.39, 0.29) is 6.61 Å². The molecule has 0 fully saturated rings. The quantitative estimate of drug-likeness (QED) is 0.505. The summed E-state index contributed by atoms with van der Waals surface area (Å²) >= 11 is 1.38. The molecule has 0 aliphatic heterocycles. The molecule has 29 heavy (non-hydrogen) atoms. The number of hydrogen-bond acceptors (Lipinski definition) is 8. The van der Waals surface area contributed by atoms with E-state index in [1.54, 1.807) is 18.9 Å². The molecular weight excluding hydrogens is 392 g/mol. The Morgan fingerprint density at radius 2 is 1.93 bits per heavy atom. The van der Waals surface area contributed by atoms with Crippen LogP contribution in [-0.4, -0.2) is 58.0 Å². The van der Waals surface area contributed by atoms with Crippen molar-refractivity contribution in [2.45, 2.75) is 24.8 Å². The third-order valence-corrected chi connectivity index (χ3v) is 5.18. The fourth-order valence-electron chi connectivity index (χ4n) is 2.69. The van der Waals surface area contributed by atoms with Gasteiger partial charge in [0.15, 0.2) is 11.5 Å². The summed E-state index contributed by atoms with van der Waals surface area (Å²) in [7, 11) is 3.19. The number of ether oxygens (including phenoxy) is 3. The molecule has 2 aromatic carbocycles. The van der Waals surface area contributed by atoms with Gasteiger partial charge < -0.3 is 19.3 Å². The van der Waals surface area contributed by atoms with Crippen molar-refractivity contribution in [3.63, 3.8) is 0 Å². The average Bonchev–Trinajstić information content (AvgIpc) is 3.21. The predicted octanol–water partition coefficient (Wildman–Crippen LogP) is 2.66. The number of tetrazole rings is 1. The van der Waals surface area contributed by atoms with Gasteiger partial charge in [-0.25, -0.2) is 0 Å². The van der Waals surface area contributed by atoms with Gasteiger partial charge in [-0.2, -0.15) is 4.68 Å². The molecule has 0 saturated carbocycles. The molecule has 0 spiro atoms. The van der Waals surface area contributed by atoms with Crippen LogP contribution in [0.4, 0.5) is 0 Å². The third-order valence-electron chi connectivity index (χ3n) is 4.12. The van der Waals surface area contributed by atoms with E-state index in [9.17, 15) is 5.11 Å². The molecule has 0 saturated heterocycles. The summed E-state index contributed by atoms with van der Waals surface area (Å²) in [4.78, 5) is 0. The Morgan fingerprint density at radius 1 is 1.10 bits per heavy atom. The Hall–Kier alpha value is -2.62. The molecule has 8 nitrogen and oxygen atoms in total. The Balaban J connectivity index is 1.49. The zero-order valence-corrected chi connectivity index (χ0v) is 17.4. The molecule has 3 rings (SSSR count). The lowest BCUT2D eigenvalue weighted by molar-refractivity contribution is 0.0397. The highest BCUT2D eigenvalue weighted by molar-refractivity contribution is 7.99. The number of aryl methyl sites for hydroxylation is 1. The third kappa shape index (κ3) is 5.69. The minimum atomic E-state index is -0.650. The van der Waals surface area contributed by atoms with Crippen molar-refractivity contribution >= 4 is 11.8 Å². The van der Waals surface area contributed by atoms with Gasteiger partial charge in [0, 0.05) is 5.75 Å². The number of aliphatic hydroxyl groups excluding tert-OH is 1. The summed E-state index contributed by atoms with van der Waals surface area (Å²) in [6.07, 6.45) is -0.650. The van der Waals surface area contributed by atoms with E-state index in [2.05, 4.69) is 15.5 Å². The SMILES string of the molecule is COc1ccc(COCC(O)CSc2nnnn2-c2cccc(C)c2)cc1OC. The molecule has 154 valence electrons. The topological polar surface area (TPSA) is 91.5 Å². The fraction of sp³-hybridized carbons (Fsp3) is 0.350. The van der Waals surface area contributed by atoms with Crippen LogP contribution in [0.5, 0.6) is 11.5 Å². The second-order valence-corrected chi connectivity index (χ2v) is 7.37. The summed E-state index contributed by atoms with van der Waals surface area (Å²) in [6.45, 7) is 2.58. The van der Waals surface area contributed by atoms with Gasteiger partial charge in [0.05, 0.1) is 39.2 Å². The maximum absolute atomic E-state index is 10.2. The number of aromatic nitrogens is 4. The van der Waals surface area contributed by atoms with Crippen LogP contribution < -0.4 is 9.47 Å². The molecule has 1 heterocycles. The Kier molecular flexibility index (Phi) is 7.45. The van der Waals surface area contributed by atoms with Crippen LogP contribution in [0, 0.1) is 6.92 Å². The molecule has 0 amide bonds. The van der Waals surface area contributed by atoms with Crippen LogP contribution in [0.1, 0.15) is 11.1 Å². The molecule has 0 radical (unpaired) electrons. The first kappa shape index (κ1) is 21.1. The molecule has 0 aliphatic carbocycles. The fourth-order valence-corrected chi connectivity index (χ4v) is 3.49. The van der Waals surface area contributed by atoms with Crippen LogP contribution in [0.3, 0.4) is 0 Å². The Bertz CT molecular complexity index is 934. The van der Waals surface area contributed by atoms with E-state index in [0.717, 1.165) is 16.8 Å². The minimum absolute atomic E-state index is 0.202. The highest BCUT2D eigenvalue weighted by Crippen LogP contribution is 2.27. The first-order valence-electron chi connectivity index (χ1n) is 9.05. The molecular formula is C20H24N4O4S. The number of thioether (sulfide) groups is 1. The zero-order chi connectivity index (χ0) is 20.6. The Labute approximate surface area is 173 Å². The van der Waals surface area contributed by atoms with E-state index < -0.39 is 6.10 Å². The lowest BCUT2D eigenvalue weighted by Gasteiger charge is -2.12. The highest BCUT2D eigenvalue weighted by atomic mass is 32.2. The number of aliphatic hydroxyl groups is 1. The van der Waals surface area contributed by atoms with Crippen LogP contribution in [0.15, 0.2) is 47.6 Å². The normalized spacial score (nSPS) is 12.0. The van der Waals surface area contributed by atoms with Gasteiger partial charge in [0.1, 0.15) is 0 Å². The highest BCUT2D eigenvalue weighted by Gasteiger charge is 2.13. The summed E-state index contributed by atoms with van der Waals surface area (Å²) in [5, 5.41) is 22.7. The molecule has 1 N–H and O–H groups in total. The summed E-state index contributed by atoms with van der Waals surface area (Å²) in [5.41, 5.74) is 2.94. The molecule has 0 aliphatic rings. The first-order chi connectivity index (χ1) is 14.1. The largest absolute Gasteiger partial charge is 0.493 e. The second-order valence-electron chi connectivity index (χ2n) is 6.38. The monoisotopic (exact) mass is 416 g/mol. The molecule has 1 unspecified atom stereocenters. The predicted molar refractivity (Wildman–Crippen MR) is 110 cm³/mol. The van der Waals surface area contributed by atoms with E-state index in [4.69, 9.17) is 14.2 Å². The van der Waals surface area contributed by atoms with E-state index in [1.807, 2.05) is 49.4 Å². The van der Waals surface area contributed by atoms with Crippen LogP contribution in [0.2, 0.25) is 0 Å². The molecule has 1 aromatic heterocycles. The smallest absolute Gasteiger partial charge is 0.214 e. The maximum atomic E-state index is 10.2. The molecule has 9 heteroatoms. The van der Waals surface area contributed by atoms with E-state index in [1.165, 1.54) is 11.8 Å². The maximum Gasteiger partial charge on any atom is 0.214 e. The lowest BCUT2D eigenvalue weighted by Crippen LogP contribution is -2.18. The number of rotatable bonds is 10. The van der Waals surface area contributed by atoms with Crippen molar-refractivity contribution in [2.24, 2.45) is 0 Å². The van der Waals surface area contributed by atoms with Crippen LogP contribution in [0.25, 0.3) is 5.69 Å². The summed E-state index contributed by atoms with van der Waals surface area (Å²) in [6, 6.07) is 13.5. The van der Waals surface area contributed by atoms with E-state index >= 15 is 0 Å². The van der Waals surface area contributed by atoms with Crippen molar-refractivity contribution in [1.29, 1.82) is 0 Å². The van der Waals surface area contributed by atoms with Gasteiger partial charge in [-0.1, -0.05) is 30.0 Å². The van der Waals surface area contributed by atoms with E-state index in [0.29, 0.717) is 29.0 Å². The van der Waals surface area contributed by atoms with Gasteiger partial charge in [0.2, 0.25) is 5.16 Å². The van der Waals surface area contributed by atoms with Crippen molar-refractivity contribution in [3.05, 3.63) is 53.6 Å². The number of nitrogens with zero attached hydrogens (tertiary/aromatic N) is 4. The molecule has 1 atom stereocenters. The van der Waals surface area contributed by atoms with Crippen LogP contribution >= 0.6 is 11.8 Å². The van der Waals surface area contributed by atoms with Crippen LogP contribution in [-0.2, 0) is 11.3 Å². The number of benzene rings is 2. The Morgan fingerprint density at radius 3 is 2.69 bits per heavy atom. The molecule has 3 aromatic rings. The van der Waals surface area contributed by atoms with Crippen molar-refractivity contribution in [1.82, 2.24) is 20.2 Å². The number of methoxy groups -OCH3 is 2. The number of hydrogen-bond donors (Lipinski definition) is 1. The lowest BCUT2D eigenvalue weighted by atomic mass is 10.2. The van der Waals surface area contributed by atoms with Gasteiger partial charge in [0.25, 0.3) is 0 Å². The second kappa shape index (κ2) is 10.2. The summed E-state index contributed by atoms with van der Waals surface area (Å²) < 4.78 is 17.8. The minimum Gasteiger partial charge on any atom is -0.493 e. The standard InChI is InChI=1S/C20H24N4O4S/c1-14-5-4-6-16(9-14)24-20(21-22-23-24)29-13-17(25)12-28-11-15-7-8-18(26-2)19(10-15)27-3/h4-10,17,25H,11-13H2,1-3H3. The van der Waals surface area contributed by atoms with Gasteiger partial charge in [-0.05, 0) is 52.7 Å². The van der Waals surface area contributed by atoms with Crippen molar-refractivity contribution < 1.29 is 19.3 Å². The van der Waals surface area contributed by atoms with Crippen molar-refractivity contribution in [2.75, 3.05) is 26.6 Å². The van der Waals surface area contributed by atoms with Gasteiger partial charge in [-0.3, -0.25) is 0 Å². The summed E-state index contributed by atoms with van der Waals surface area (Å²) in [5.74, 6) is 1.73. The van der Waals surface area contributed by atoms with Gasteiger partial charge >= 0.3 is 0 Å².